The lowest BCUT2D eigenvalue weighted by Crippen LogP contribution is -2.63. The third kappa shape index (κ3) is 3.82. The molecule has 3 rings (SSSR count). The number of aliphatic hydroxyl groups is 3. The molecule has 3 N–H and O–H groups in total. The van der Waals surface area contributed by atoms with E-state index in [0.717, 1.165) is 11.1 Å². The quantitative estimate of drug-likeness (QED) is 0.670. The molecule has 2 aromatic carbocycles. The molecule has 1 aliphatic rings. The minimum absolute atomic E-state index is 0.232. The summed E-state index contributed by atoms with van der Waals surface area (Å²) in [7, 11) is 0. The van der Waals surface area contributed by atoms with Gasteiger partial charge in [-0.3, -0.25) is 0 Å². The van der Waals surface area contributed by atoms with Crippen LogP contribution in [0.1, 0.15) is 11.1 Å². The molecule has 0 aromatic heterocycles. The second-order valence-corrected chi connectivity index (χ2v) is 8.95. The topological polar surface area (TPSA) is 83.8 Å². The van der Waals surface area contributed by atoms with Crippen LogP contribution in [0, 0.1) is 10.8 Å². The maximum Gasteiger partial charge on any atom is 0.116 e. The molecule has 0 radical (unpaired) electrons. The summed E-state index contributed by atoms with van der Waals surface area (Å²) in [4.78, 5) is 0. The zero-order valence-corrected chi connectivity index (χ0v) is 15.6. The van der Waals surface area contributed by atoms with Crippen LogP contribution in [0.15, 0.2) is 60.7 Å². The average Bonchev–Trinajstić information content (AvgIpc) is 2.67. The van der Waals surface area contributed by atoms with E-state index in [4.69, 9.17) is 0 Å². The molecule has 140 valence electrons. The van der Waals surface area contributed by atoms with Crippen LogP contribution < -0.4 is 0 Å². The monoisotopic (exact) mass is 374 g/mol. The van der Waals surface area contributed by atoms with Crippen LogP contribution in [0.3, 0.4) is 0 Å². The van der Waals surface area contributed by atoms with Crippen LogP contribution in [0.2, 0.25) is 0 Å². The minimum atomic E-state index is -1.23. The molecule has 2 aromatic rings. The third-order valence-electron chi connectivity index (χ3n) is 5.48. The van der Waals surface area contributed by atoms with E-state index in [0.29, 0.717) is 12.8 Å². The van der Waals surface area contributed by atoms with Crippen molar-refractivity contribution in [3.63, 3.8) is 0 Å². The van der Waals surface area contributed by atoms with Crippen molar-refractivity contribution in [2.75, 3.05) is 24.7 Å². The first-order valence-electron chi connectivity index (χ1n) is 8.86. The van der Waals surface area contributed by atoms with Gasteiger partial charge in [0.2, 0.25) is 0 Å². The Morgan fingerprint density at radius 2 is 1.19 bits per heavy atom. The first-order valence-corrected chi connectivity index (χ1v) is 10.3. The molecular weight excluding hydrogens is 348 g/mol. The van der Waals surface area contributed by atoms with E-state index in [-0.39, 0.29) is 24.7 Å². The molecular formula is C21H26O4S. The van der Waals surface area contributed by atoms with Crippen LogP contribution in [0.25, 0.3) is 0 Å². The minimum Gasteiger partial charge on any atom is -0.616 e. The fourth-order valence-corrected chi connectivity index (χ4v) is 6.26. The van der Waals surface area contributed by atoms with Crippen molar-refractivity contribution < 1.29 is 19.9 Å². The third-order valence-corrected chi connectivity index (χ3v) is 7.28. The fourth-order valence-electron chi connectivity index (χ4n) is 4.18. The van der Waals surface area contributed by atoms with Gasteiger partial charge >= 0.3 is 0 Å². The van der Waals surface area contributed by atoms with Gasteiger partial charge in [0.15, 0.2) is 0 Å². The van der Waals surface area contributed by atoms with Crippen molar-refractivity contribution in [3.8, 4) is 0 Å². The highest BCUT2D eigenvalue weighted by atomic mass is 32.2. The van der Waals surface area contributed by atoms with E-state index in [1.165, 1.54) is 0 Å². The second kappa shape index (κ2) is 8.11. The van der Waals surface area contributed by atoms with Gasteiger partial charge in [-0.05, 0) is 24.0 Å². The Balaban J connectivity index is 1.95. The predicted molar refractivity (Wildman–Crippen MR) is 103 cm³/mol. The first-order chi connectivity index (χ1) is 12.5. The molecule has 26 heavy (non-hydrogen) atoms. The van der Waals surface area contributed by atoms with Crippen molar-refractivity contribution >= 4 is 11.2 Å². The van der Waals surface area contributed by atoms with Crippen molar-refractivity contribution in [1.82, 2.24) is 0 Å². The lowest BCUT2D eigenvalue weighted by Gasteiger charge is -2.50. The Hall–Kier alpha value is -1.37. The summed E-state index contributed by atoms with van der Waals surface area (Å²) >= 11 is -1.23. The van der Waals surface area contributed by atoms with Crippen LogP contribution >= 0.6 is 0 Å². The number of rotatable bonds is 6. The number of hydrogen-bond donors (Lipinski definition) is 3. The summed E-state index contributed by atoms with van der Waals surface area (Å²) in [5, 5.41) is 31.7. The summed E-state index contributed by atoms with van der Waals surface area (Å²) < 4.78 is 12.7. The maximum absolute atomic E-state index is 12.7. The van der Waals surface area contributed by atoms with E-state index in [2.05, 4.69) is 0 Å². The highest BCUT2D eigenvalue weighted by molar-refractivity contribution is 7.91. The smallest absolute Gasteiger partial charge is 0.116 e. The molecule has 1 fully saturated rings. The molecule has 1 heterocycles. The Labute approximate surface area is 157 Å². The van der Waals surface area contributed by atoms with Crippen LogP contribution in [-0.4, -0.2) is 50.7 Å². The predicted octanol–water partition coefficient (Wildman–Crippen LogP) is 1.55. The first kappa shape index (κ1) is 19.4. The van der Waals surface area contributed by atoms with Gasteiger partial charge in [0, 0.05) is 0 Å². The molecule has 2 atom stereocenters. The maximum atomic E-state index is 12.7. The number of aliphatic hydroxyl groups excluding tert-OH is 3. The lowest BCUT2D eigenvalue weighted by molar-refractivity contribution is -0.101. The summed E-state index contributed by atoms with van der Waals surface area (Å²) in [6.07, 6.45) is -0.107. The van der Waals surface area contributed by atoms with Gasteiger partial charge in [0.05, 0.1) is 30.1 Å². The van der Waals surface area contributed by atoms with Gasteiger partial charge in [0.25, 0.3) is 0 Å². The van der Waals surface area contributed by atoms with Gasteiger partial charge in [-0.25, -0.2) is 0 Å². The molecule has 1 aliphatic heterocycles. The summed E-state index contributed by atoms with van der Waals surface area (Å²) in [5.74, 6) is 0.464. The fraction of sp³-hybridized carbons (Fsp3) is 0.429. The van der Waals surface area contributed by atoms with Gasteiger partial charge in [-0.1, -0.05) is 71.8 Å². The zero-order chi connectivity index (χ0) is 18.6. The van der Waals surface area contributed by atoms with E-state index in [1.54, 1.807) is 0 Å². The molecule has 4 nitrogen and oxygen atoms in total. The van der Waals surface area contributed by atoms with Crippen LogP contribution in [0.4, 0.5) is 0 Å². The highest BCUT2D eigenvalue weighted by Gasteiger charge is 2.58. The second-order valence-electron chi connectivity index (χ2n) is 7.50. The van der Waals surface area contributed by atoms with E-state index >= 15 is 0 Å². The molecule has 0 unspecified atom stereocenters. The van der Waals surface area contributed by atoms with Crippen molar-refractivity contribution in [3.05, 3.63) is 71.8 Å². The molecule has 0 amide bonds. The largest absolute Gasteiger partial charge is 0.616 e. The molecule has 5 heteroatoms. The van der Waals surface area contributed by atoms with Gasteiger partial charge in [-0.2, -0.15) is 0 Å². The Morgan fingerprint density at radius 3 is 1.54 bits per heavy atom. The zero-order valence-electron chi connectivity index (χ0n) is 14.8. The SMILES string of the molecule is [O-][S@+]1C[C@@](CO)(Cc2ccccc2)[C@@H](O)[C@](CO)(Cc2ccccc2)C1. The van der Waals surface area contributed by atoms with Gasteiger partial charge in [0.1, 0.15) is 11.5 Å². The highest BCUT2D eigenvalue weighted by Crippen LogP contribution is 2.45. The number of hydrogen-bond acceptors (Lipinski definition) is 4. The molecule has 0 saturated carbocycles. The van der Waals surface area contributed by atoms with Crippen molar-refractivity contribution in [2.45, 2.75) is 18.9 Å². The van der Waals surface area contributed by atoms with Crippen molar-refractivity contribution in [2.24, 2.45) is 10.8 Å². The number of benzene rings is 2. The normalized spacial score (nSPS) is 31.7. The van der Waals surface area contributed by atoms with E-state index in [1.807, 2.05) is 60.7 Å². The molecule has 0 aliphatic carbocycles. The Kier molecular flexibility index (Phi) is 6.05. The molecule has 1 saturated heterocycles. The van der Waals surface area contributed by atoms with Crippen LogP contribution in [-0.2, 0) is 24.0 Å². The summed E-state index contributed by atoms with van der Waals surface area (Å²) in [6, 6.07) is 19.3. The van der Waals surface area contributed by atoms with Gasteiger partial charge in [-0.15, -0.1) is 0 Å². The average molecular weight is 375 g/mol. The standard InChI is InChI=1S/C21H26O4S/c22-13-20(11-17-7-3-1-4-8-17)15-26(25)16-21(14-23,19(20)24)12-18-9-5-2-6-10-18/h1-10,19,22-24H,11-16H2/t19-,20-,21-,26-/m0/s1. The van der Waals surface area contributed by atoms with E-state index < -0.39 is 28.1 Å². The van der Waals surface area contributed by atoms with Gasteiger partial charge < -0.3 is 19.9 Å². The van der Waals surface area contributed by atoms with Crippen molar-refractivity contribution in [1.29, 1.82) is 0 Å². The Morgan fingerprint density at radius 1 is 0.808 bits per heavy atom. The molecule has 0 bridgehead atoms. The summed E-state index contributed by atoms with van der Waals surface area (Å²) in [5.41, 5.74) is 0.0985. The van der Waals surface area contributed by atoms with Crippen LogP contribution in [0.5, 0.6) is 0 Å². The lowest BCUT2D eigenvalue weighted by atomic mass is 9.65. The van der Waals surface area contributed by atoms with E-state index in [9.17, 15) is 19.9 Å². The molecule has 0 spiro atoms. The summed E-state index contributed by atoms with van der Waals surface area (Å²) in [6.45, 7) is -0.545. The Bertz CT molecular complexity index is 636.